The van der Waals surface area contributed by atoms with Gasteiger partial charge < -0.3 is 19.9 Å². The average Bonchev–Trinajstić information content (AvgIpc) is 3.16. The number of aromatic nitrogens is 2. The van der Waals surface area contributed by atoms with Crippen LogP contribution in [0.3, 0.4) is 0 Å². The van der Waals surface area contributed by atoms with Gasteiger partial charge in [-0.25, -0.2) is 0 Å². The second kappa shape index (κ2) is 10.3. The van der Waals surface area contributed by atoms with Crippen molar-refractivity contribution < 1.29 is 24.2 Å². The summed E-state index contributed by atoms with van der Waals surface area (Å²) in [4.78, 5) is 24.2. The van der Waals surface area contributed by atoms with Crippen LogP contribution in [-0.2, 0) is 4.79 Å². The fraction of sp³-hybridized carbons (Fsp3) is 0.522. The van der Waals surface area contributed by atoms with E-state index in [0.717, 1.165) is 0 Å². The van der Waals surface area contributed by atoms with Gasteiger partial charge in [0.1, 0.15) is 11.5 Å². The molecule has 0 aliphatic carbocycles. The predicted octanol–water partition coefficient (Wildman–Crippen LogP) is 4.01. The van der Waals surface area contributed by atoms with Crippen LogP contribution in [0.1, 0.15) is 57.6 Å². The van der Waals surface area contributed by atoms with Crippen LogP contribution in [0.5, 0.6) is 11.5 Å². The Morgan fingerprint density at radius 3 is 2.10 bits per heavy atom. The number of amides is 1. The van der Waals surface area contributed by atoms with Crippen molar-refractivity contribution in [3.8, 4) is 22.8 Å². The first-order valence-electron chi connectivity index (χ1n) is 10.4. The van der Waals surface area contributed by atoms with Gasteiger partial charge in [0.05, 0.1) is 37.9 Å². The molecule has 8 nitrogen and oxygen atoms in total. The van der Waals surface area contributed by atoms with Gasteiger partial charge in [-0.2, -0.15) is 5.10 Å². The summed E-state index contributed by atoms with van der Waals surface area (Å²) in [5.74, 6) is 0.0575. The van der Waals surface area contributed by atoms with Crippen LogP contribution in [0, 0.1) is 11.8 Å². The molecule has 0 spiro atoms. The monoisotopic (exact) mass is 431 g/mol. The minimum atomic E-state index is -0.961. The number of nitrogens with zero attached hydrogens (tertiary/aromatic N) is 2. The van der Waals surface area contributed by atoms with Crippen LogP contribution >= 0.6 is 0 Å². The van der Waals surface area contributed by atoms with Crippen molar-refractivity contribution in [2.24, 2.45) is 11.8 Å². The molecule has 0 aliphatic rings. The highest BCUT2D eigenvalue weighted by Crippen LogP contribution is 2.40. The number of hydrogen-bond acceptors (Lipinski definition) is 5. The van der Waals surface area contributed by atoms with E-state index >= 15 is 0 Å². The van der Waals surface area contributed by atoms with Crippen LogP contribution in [0.4, 0.5) is 0 Å². The summed E-state index contributed by atoms with van der Waals surface area (Å²) in [7, 11) is 3.16. The molecule has 2 N–H and O–H groups in total. The zero-order valence-electron chi connectivity index (χ0n) is 19.3. The lowest BCUT2D eigenvalue weighted by Crippen LogP contribution is -2.40. The van der Waals surface area contributed by atoms with Crippen LogP contribution < -0.4 is 14.8 Å². The molecule has 2 aromatic rings. The molecule has 0 saturated carbocycles. The molecule has 0 aliphatic heterocycles. The quantitative estimate of drug-likeness (QED) is 0.589. The van der Waals surface area contributed by atoms with E-state index in [1.54, 1.807) is 20.3 Å². The highest BCUT2D eigenvalue weighted by atomic mass is 16.5. The van der Waals surface area contributed by atoms with E-state index in [2.05, 4.69) is 24.3 Å². The van der Waals surface area contributed by atoms with Gasteiger partial charge in [-0.3, -0.25) is 14.3 Å². The zero-order chi connectivity index (χ0) is 23.3. The molecule has 0 saturated heterocycles. The van der Waals surface area contributed by atoms with Crippen molar-refractivity contribution in [3.63, 3.8) is 0 Å². The van der Waals surface area contributed by atoms with Crippen LogP contribution in [0.2, 0.25) is 0 Å². The van der Waals surface area contributed by atoms with Crippen molar-refractivity contribution in [2.45, 2.75) is 53.1 Å². The number of carboxylic acid groups (broad SMARTS) is 1. The Bertz CT molecular complexity index is 898. The maximum Gasteiger partial charge on any atom is 0.305 e. The molecular weight excluding hydrogens is 398 g/mol. The second-order valence-electron chi connectivity index (χ2n) is 8.30. The number of nitrogens with one attached hydrogen (secondary N) is 1. The van der Waals surface area contributed by atoms with Gasteiger partial charge in [-0.15, -0.1) is 0 Å². The van der Waals surface area contributed by atoms with Gasteiger partial charge >= 0.3 is 5.97 Å². The molecule has 31 heavy (non-hydrogen) atoms. The molecule has 0 bridgehead atoms. The smallest absolute Gasteiger partial charge is 0.305 e. The summed E-state index contributed by atoms with van der Waals surface area (Å²) in [6, 6.07) is 6.69. The average molecular weight is 432 g/mol. The van der Waals surface area contributed by atoms with Gasteiger partial charge in [-0.1, -0.05) is 33.8 Å². The summed E-state index contributed by atoms with van der Waals surface area (Å²) in [6.45, 7) is 9.94. The van der Waals surface area contributed by atoms with Crippen molar-refractivity contribution >= 4 is 11.9 Å². The Kier molecular flexibility index (Phi) is 8.08. The number of methoxy groups -OCH3 is 2. The Labute approximate surface area is 183 Å². The van der Waals surface area contributed by atoms with Gasteiger partial charge in [0.2, 0.25) is 0 Å². The Morgan fingerprint density at radius 2 is 1.65 bits per heavy atom. The van der Waals surface area contributed by atoms with Crippen molar-refractivity contribution in [2.75, 3.05) is 14.2 Å². The largest absolute Gasteiger partial charge is 0.496 e. The van der Waals surface area contributed by atoms with Crippen LogP contribution in [0.15, 0.2) is 24.3 Å². The lowest BCUT2D eigenvalue weighted by molar-refractivity contribution is -0.137. The highest BCUT2D eigenvalue weighted by Gasteiger charge is 2.27. The van der Waals surface area contributed by atoms with E-state index < -0.39 is 17.9 Å². The van der Waals surface area contributed by atoms with Crippen LogP contribution in [0.25, 0.3) is 11.3 Å². The zero-order valence-corrected chi connectivity index (χ0v) is 19.3. The van der Waals surface area contributed by atoms with Crippen molar-refractivity contribution in [3.05, 3.63) is 30.0 Å². The maximum atomic E-state index is 13.0. The first-order valence-corrected chi connectivity index (χ1v) is 10.4. The number of hydrogen-bond donors (Lipinski definition) is 2. The molecule has 1 heterocycles. The molecule has 0 fully saturated rings. The molecule has 170 valence electrons. The van der Waals surface area contributed by atoms with Gasteiger partial charge in [0.25, 0.3) is 5.91 Å². The number of carboxylic acids is 1. The van der Waals surface area contributed by atoms with E-state index in [9.17, 15) is 9.59 Å². The van der Waals surface area contributed by atoms with E-state index in [-0.39, 0.29) is 30.0 Å². The fourth-order valence-electron chi connectivity index (χ4n) is 3.27. The van der Waals surface area contributed by atoms with E-state index in [1.807, 2.05) is 43.7 Å². The van der Waals surface area contributed by atoms with Gasteiger partial charge in [-0.05, 0) is 37.0 Å². The number of carbonyl (C=O) groups excluding carboxylic acids is 1. The normalized spacial score (nSPS) is 13.2. The first-order chi connectivity index (χ1) is 14.6. The minimum absolute atomic E-state index is 0.00826. The number of benzene rings is 1. The molecule has 2 atom stereocenters. The molecule has 2 rings (SSSR count). The van der Waals surface area contributed by atoms with Gasteiger partial charge in [0, 0.05) is 6.04 Å². The second-order valence-corrected chi connectivity index (χ2v) is 8.30. The molecule has 1 amide bonds. The standard InChI is InChI=1S/C23H33N3O5/c1-13(2)15(5)26-18(22-19(30-6)9-8-10-20(22)31-7)11-17(25-26)23(29)24-16(14(3)4)12-21(27)28/h8-11,13-16H,12H2,1-7H3,(H,24,29)(H,27,28). The first kappa shape index (κ1) is 24.2. The molecule has 2 unspecified atom stereocenters. The lowest BCUT2D eigenvalue weighted by Gasteiger charge is -2.21. The van der Waals surface area contributed by atoms with E-state index in [1.165, 1.54) is 0 Å². The molecular formula is C23H33N3O5. The number of aliphatic carboxylic acids is 1. The van der Waals surface area contributed by atoms with Crippen LogP contribution in [-0.4, -0.2) is 47.0 Å². The topological polar surface area (TPSA) is 103 Å². The summed E-state index contributed by atoms with van der Waals surface area (Å²) in [5, 5.41) is 16.6. The Balaban J connectivity index is 2.57. The van der Waals surface area contributed by atoms with E-state index in [4.69, 9.17) is 14.6 Å². The third kappa shape index (κ3) is 5.57. The van der Waals surface area contributed by atoms with E-state index in [0.29, 0.717) is 22.8 Å². The van der Waals surface area contributed by atoms with Crippen molar-refractivity contribution in [1.82, 2.24) is 15.1 Å². The van der Waals surface area contributed by atoms with Crippen molar-refractivity contribution in [1.29, 1.82) is 0 Å². The number of ether oxygens (including phenoxy) is 2. The number of carbonyl (C=O) groups is 2. The summed E-state index contributed by atoms with van der Waals surface area (Å²) >= 11 is 0. The maximum absolute atomic E-state index is 13.0. The predicted molar refractivity (Wildman–Crippen MR) is 119 cm³/mol. The molecule has 8 heteroatoms. The number of rotatable bonds is 10. The molecule has 0 radical (unpaired) electrons. The third-order valence-corrected chi connectivity index (χ3v) is 5.52. The Morgan fingerprint density at radius 1 is 1.06 bits per heavy atom. The molecule has 1 aromatic heterocycles. The SMILES string of the molecule is COc1cccc(OC)c1-c1cc(C(=O)NC(CC(=O)O)C(C)C)nn1C(C)C(C)C. The van der Waals surface area contributed by atoms with Gasteiger partial charge in [0.15, 0.2) is 5.69 Å². The highest BCUT2D eigenvalue weighted by molar-refractivity contribution is 5.94. The lowest BCUT2D eigenvalue weighted by atomic mass is 10.0. The third-order valence-electron chi connectivity index (χ3n) is 5.52. The summed E-state index contributed by atoms with van der Waals surface area (Å²) < 4.78 is 12.9. The summed E-state index contributed by atoms with van der Waals surface area (Å²) in [6.07, 6.45) is -0.153. The fourth-order valence-corrected chi connectivity index (χ4v) is 3.27. The molecule has 1 aromatic carbocycles. The summed E-state index contributed by atoms with van der Waals surface area (Å²) in [5.41, 5.74) is 1.61. The minimum Gasteiger partial charge on any atom is -0.496 e. The Hall–Kier alpha value is -3.03.